The van der Waals surface area contributed by atoms with E-state index >= 15 is 0 Å². The number of rotatable bonds is 4. The highest BCUT2D eigenvalue weighted by atomic mass is 127. The lowest BCUT2D eigenvalue weighted by Gasteiger charge is -2.31. The SMILES string of the molecule is CN=C(NC1CCC1)N1CCC(CSc2ccccc2)C1.I. The molecule has 1 saturated heterocycles. The summed E-state index contributed by atoms with van der Waals surface area (Å²) in [7, 11) is 1.91. The first kappa shape index (κ1) is 17.9. The lowest BCUT2D eigenvalue weighted by Crippen LogP contribution is -2.47. The zero-order valence-corrected chi connectivity index (χ0v) is 16.3. The third-order valence-corrected chi connectivity index (χ3v) is 5.71. The van der Waals surface area contributed by atoms with Crippen LogP contribution in [0.4, 0.5) is 0 Å². The van der Waals surface area contributed by atoms with Crippen LogP contribution in [0.3, 0.4) is 0 Å². The summed E-state index contributed by atoms with van der Waals surface area (Å²) in [5, 5.41) is 3.61. The van der Waals surface area contributed by atoms with Gasteiger partial charge in [-0.2, -0.15) is 0 Å². The third kappa shape index (κ3) is 4.78. The van der Waals surface area contributed by atoms with Crippen LogP contribution in [0.15, 0.2) is 40.2 Å². The zero-order chi connectivity index (χ0) is 14.5. The molecule has 0 amide bonds. The van der Waals surface area contributed by atoms with Crippen molar-refractivity contribution in [1.82, 2.24) is 10.2 Å². The van der Waals surface area contributed by atoms with E-state index in [9.17, 15) is 0 Å². The van der Waals surface area contributed by atoms with Crippen molar-refractivity contribution in [3.8, 4) is 0 Å². The lowest BCUT2D eigenvalue weighted by atomic mass is 9.93. The number of aliphatic imine (C=N–C) groups is 1. The van der Waals surface area contributed by atoms with E-state index in [4.69, 9.17) is 0 Å². The van der Waals surface area contributed by atoms with Gasteiger partial charge in [0.2, 0.25) is 0 Å². The number of likely N-dealkylation sites (tertiary alicyclic amines) is 1. The second-order valence-corrected chi connectivity index (χ2v) is 7.14. The van der Waals surface area contributed by atoms with Gasteiger partial charge in [-0.15, -0.1) is 35.7 Å². The summed E-state index contributed by atoms with van der Waals surface area (Å²) in [6, 6.07) is 11.4. The Kier molecular flexibility index (Phi) is 7.34. The number of halogens is 1. The highest BCUT2D eigenvalue weighted by Crippen LogP contribution is 2.26. The topological polar surface area (TPSA) is 27.6 Å². The second-order valence-electron chi connectivity index (χ2n) is 6.04. The van der Waals surface area contributed by atoms with Crippen molar-refractivity contribution in [2.24, 2.45) is 10.9 Å². The van der Waals surface area contributed by atoms with Crippen molar-refractivity contribution in [2.75, 3.05) is 25.9 Å². The van der Waals surface area contributed by atoms with Gasteiger partial charge < -0.3 is 10.2 Å². The van der Waals surface area contributed by atoms with Crippen LogP contribution < -0.4 is 5.32 Å². The molecule has 1 aromatic rings. The molecule has 2 fully saturated rings. The van der Waals surface area contributed by atoms with Gasteiger partial charge in [0.25, 0.3) is 0 Å². The van der Waals surface area contributed by atoms with Gasteiger partial charge in [-0.25, -0.2) is 0 Å². The van der Waals surface area contributed by atoms with Crippen molar-refractivity contribution >= 4 is 41.7 Å². The Bertz CT molecular complexity index is 476. The Morgan fingerprint density at radius 2 is 2.05 bits per heavy atom. The Morgan fingerprint density at radius 1 is 1.27 bits per heavy atom. The van der Waals surface area contributed by atoms with Gasteiger partial charge in [0.1, 0.15) is 0 Å². The molecular weight excluding hydrogens is 405 g/mol. The molecule has 1 aromatic carbocycles. The largest absolute Gasteiger partial charge is 0.354 e. The number of guanidine groups is 1. The van der Waals surface area contributed by atoms with Crippen LogP contribution in [0.1, 0.15) is 25.7 Å². The second kappa shape index (κ2) is 9.01. The summed E-state index contributed by atoms with van der Waals surface area (Å²) in [4.78, 5) is 8.29. The lowest BCUT2D eigenvalue weighted by molar-refractivity contribution is 0.360. The van der Waals surface area contributed by atoms with Crippen LogP contribution in [-0.2, 0) is 0 Å². The van der Waals surface area contributed by atoms with Gasteiger partial charge in [0.05, 0.1) is 0 Å². The summed E-state index contributed by atoms with van der Waals surface area (Å²) in [5.74, 6) is 3.10. The number of benzene rings is 1. The standard InChI is InChI=1S/C17H25N3S.HI/c1-18-17(19-15-6-5-7-15)20-11-10-14(12-20)13-21-16-8-3-2-4-9-16;/h2-4,8-9,14-15H,5-7,10-13H2,1H3,(H,18,19);1H. The molecule has 122 valence electrons. The van der Waals surface area contributed by atoms with Crippen LogP contribution in [0.5, 0.6) is 0 Å². The molecule has 1 aliphatic carbocycles. The van der Waals surface area contributed by atoms with Crippen LogP contribution in [-0.4, -0.2) is 42.8 Å². The smallest absolute Gasteiger partial charge is 0.193 e. The molecule has 0 bridgehead atoms. The van der Waals surface area contributed by atoms with Gasteiger partial charge in [-0.3, -0.25) is 4.99 Å². The van der Waals surface area contributed by atoms with Crippen LogP contribution >= 0.6 is 35.7 Å². The van der Waals surface area contributed by atoms with E-state index in [1.807, 2.05) is 18.8 Å². The molecular formula is C17H26IN3S. The maximum absolute atomic E-state index is 4.47. The van der Waals surface area contributed by atoms with E-state index in [1.165, 1.54) is 36.3 Å². The summed E-state index contributed by atoms with van der Waals surface area (Å²) in [6.45, 7) is 2.29. The Balaban J connectivity index is 0.00000176. The van der Waals surface area contributed by atoms with E-state index in [1.54, 1.807) is 0 Å². The molecule has 5 heteroatoms. The Hall–Kier alpha value is -0.430. The molecule has 1 atom stereocenters. The number of hydrogen-bond acceptors (Lipinski definition) is 2. The van der Waals surface area contributed by atoms with E-state index < -0.39 is 0 Å². The Morgan fingerprint density at radius 3 is 2.68 bits per heavy atom. The van der Waals surface area contributed by atoms with Crippen LogP contribution in [0, 0.1) is 5.92 Å². The maximum atomic E-state index is 4.47. The minimum absolute atomic E-state index is 0. The van der Waals surface area contributed by atoms with Gasteiger partial charge in [-0.05, 0) is 43.7 Å². The van der Waals surface area contributed by atoms with Crippen LogP contribution in [0.25, 0.3) is 0 Å². The molecule has 22 heavy (non-hydrogen) atoms. The molecule has 1 heterocycles. The highest BCUT2D eigenvalue weighted by molar-refractivity contribution is 14.0. The third-order valence-electron chi connectivity index (χ3n) is 4.46. The van der Waals surface area contributed by atoms with Crippen molar-refractivity contribution in [2.45, 2.75) is 36.6 Å². The van der Waals surface area contributed by atoms with Crippen molar-refractivity contribution < 1.29 is 0 Å². The number of nitrogens with one attached hydrogen (secondary N) is 1. The summed E-state index contributed by atoms with van der Waals surface area (Å²) >= 11 is 1.98. The normalized spacial score (nSPS) is 22.1. The van der Waals surface area contributed by atoms with Gasteiger partial charge >= 0.3 is 0 Å². The van der Waals surface area contributed by atoms with Gasteiger partial charge in [0.15, 0.2) is 5.96 Å². The number of hydrogen-bond donors (Lipinski definition) is 1. The first-order chi connectivity index (χ1) is 10.3. The molecule has 1 N–H and O–H groups in total. The zero-order valence-electron chi connectivity index (χ0n) is 13.2. The van der Waals surface area contributed by atoms with E-state index in [0.29, 0.717) is 6.04 Å². The van der Waals surface area contributed by atoms with Gasteiger partial charge in [0, 0.05) is 36.8 Å². The maximum Gasteiger partial charge on any atom is 0.193 e. The minimum Gasteiger partial charge on any atom is -0.354 e. The quantitative estimate of drug-likeness (QED) is 0.340. The summed E-state index contributed by atoms with van der Waals surface area (Å²) in [5.41, 5.74) is 0. The molecule has 1 unspecified atom stereocenters. The molecule has 0 radical (unpaired) electrons. The summed E-state index contributed by atoms with van der Waals surface area (Å²) < 4.78 is 0. The van der Waals surface area contributed by atoms with Crippen LogP contribution in [0.2, 0.25) is 0 Å². The fourth-order valence-corrected chi connectivity index (χ4v) is 3.97. The average molecular weight is 431 g/mol. The predicted octanol–water partition coefficient (Wildman–Crippen LogP) is 3.85. The molecule has 3 rings (SSSR count). The molecule has 0 aromatic heterocycles. The summed E-state index contributed by atoms with van der Waals surface area (Å²) in [6.07, 6.45) is 5.26. The fraction of sp³-hybridized carbons (Fsp3) is 0.588. The van der Waals surface area contributed by atoms with Crippen molar-refractivity contribution in [3.63, 3.8) is 0 Å². The monoisotopic (exact) mass is 431 g/mol. The first-order valence-corrected chi connectivity index (χ1v) is 9.00. The highest BCUT2D eigenvalue weighted by Gasteiger charge is 2.27. The van der Waals surface area contributed by atoms with Crippen molar-refractivity contribution in [1.29, 1.82) is 0 Å². The number of nitrogens with zero attached hydrogens (tertiary/aromatic N) is 2. The first-order valence-electron chi connectivity index (χ1n) is 8.01. The van der Waals surface area contributed by atoms with E-state index in [-0.39, 0.29) is 24.0 Å². The predicted molar refractivity (Wildman–Crippen MR) is 106 cm³/mol. The number of thioether (sulfide) groups is 1. The minimum atomic E-state index is 0. The van der Waals surface area contributed by atoms with E-state index in [2.05, 4.69) is 45.5 Å². The average Bonchev–Trinajstić information content (AvgIpc) is 2.94. The molecule has 1 aliphatic heterocycles. The van der Waals surface area contributed by atoms with Crippen molar-refractivity contribution in [3.05, 3.63) is 30.3 Å². The fourth-order valence-electron chi connectivity index (χ4n) is 2.92. The molecule has 3 nitrogen and oxygen atoms in total. The van der Waals surface area contributed by atoms with Gasteiger partial charge in [-0.1, -0.05) is 18.2 Å². The van der Waals surface area contributed by atoms with E-state index in [0.717, 1.165) is 25.0 Å². The molecule has 0 spiro atoms. The molecule has 1 saturated carbocycles. The molecule has 2 aliphatic rings. The Labute approximate surface area is 155 Å².